The van der Waals surface area contributed by atoms with Crippen LogP contribution < -0.4 is 0 Å². The van der Waals surface area contributed by atoms with Crippen molar-refractivity contribution in [2.45, 2.75) is 6.92 Å². The molecule has 0 bridgehead atoms. The first kappa shape index (κ1) is 11.5. The van der Waals surface area contributed by atoms with Gasteiger partial charge in [-0.2, -0.15) is 4.99 Å². The van der Waals surface area contributed by atoms with Gasteiger partial charge < -0.3 is 5.11 Å². The normalized spacial score (nSPS) is 9.31. The Kier molecular flexibility index (Phi) is 3.12. The van der Waals surface area contributed by atoms with Gasteiger partial charge in [-0.15, -0.1) is 0 Å². The Labute approximate surface area is 89.2 Å². The highest BCUT2D eigenvalue weighted by molar-refractivity contribution is 5.95. The van der Waals surface area contributed by atoms with Crippen molar-refractivity contribution in [1.29, 1.82) is 0 Å². The number of aryl methyl sites for hydroxylation is 1. The van der Waals surface area contributed by atoms with Crippen LogP contribution in [-0.4, -0.2) is 22.1 Å². The maximum atomic E-state index is 10.8. The van der Waals surface area contributed by atoms with E-state index >= 15 is 0 Å². The van der Waals surface area contributed by atoms with Crippen molar-refractivity contribution in [1.82, 2.24) is 0 Å². The average Bonchev–Trinajstić information content (AvgIpc) is 2.20. The molecule has 0 aliphatic rings. The van der Waals surface area contributed by atoms with Crippen LogP contribution >= 0.6 is 0 Å². The summed E-state index contributed by atoms with van der Waals surface area (Å²) in [7, 11) is 0. The van der Waals surface area contributed by atoms with Crippen LogP contribution in [-0.2, 0) is 4.79 Å². The summed E-state index contributed by atoms with van der Waals surface area (Å²) in [6.45, 7) is 1.43. The number of isocyanates is 1. The molecular formula is C9H6N2O5. The number of carboxylic acids is 1. The topological polar surface area (TPSA) is 110 Å². The smallest absolute Gasteiger partial charge is 0.338 e. The Balaban J connectivity index is 3.57. The number of non-ortho nitro benzene ring substituents is 1. The van der Waals surface area contributed by atoms with Crippen molar-refractivity contribution in [2.24, 2.45) is 4.99 Å². The van der Waals surface area contributed by atoms with E-state index in [9.17, 15) is 19.7 Å². The van der Waals surface area contributed by atoms with Gasteiger partial charge in [0.15, 0.2) is 0 Å². The molecular weight excluding hydrogens is 216 g/mol. The lowest BCUT2D eigenvalue weighted by Gasteiger charge is -2.03. The highest BCUT2D eigenvalue weighted by Crippen LogP contribution is 2.28. The number of aliphatic imine (C=N–C) groups is 1. The van der Waals surface area contributed by atoms with Crippen LogP contribution in [0.4, 0.5) is 11.4 Å². The molecule has 16 heavy (non-hydrogen) atoms. The number of hydrogen-bond acceptors (Lipinski definition) is 5. The molecule has 0 atom stereocenters. The standard InChI is InChI=1S/C9H6N2O5/c1-5-2-6(11(15)16)3-7(9(13)14)8(5)10-4-12/h2-3H,1H3,(H,13,14). The third-order valence-electron chi connectivity index (χ3n) is 1.88. The van der Waals surface area contributed by atoms with Gasteiger partial charge in [0, 0.05) is 12.1 Å². The molecule has 7 heteroatoms. The van der Waals surface area contributed by atoms with E-state index in [4.69, 9.17) is 5.11 Å². The second-order valence-corrected chi connectivity index (χ2v) is 2.92. The molecule has 0 radical (unpaired) electrons. The fraction of sp³-hybridized carbons (Fsp3) is 0.111. The molecule has 0 saturated carbocycles. The van der Waals surface area contributed by atoms with E-state index in [0.29, 0.717) is 0 Å². The highest BCUT2D eigenvalue weighted by atomic mass is 16.6. The van der Waals surface area contributed by atoms with E-state index in [1.54, 1.807) is 0 Å². The second kappa shape index (κ2) is 4.33. The summed E-state index contributed by atoms with van der Waals surface area (Å²) in [4.78, 5) is 33.9. The summed E-state index contributed by atoms with van der Waals surface area (Å²) < 4.78 is 0. The molecule has 0 fully saturated rings. The second-order valence-electron chi connectivity index (χ2n) is 2.92. The minimum absolute atomic E-state index is 0.117. The van der Waals surface area contributed by atoms with Gasteiger partial charge in [0.1, 0.15) is 0 Å². The van der Waals surface area contributed by atoms with E-state index in [1.807, 2.05) is 0 Å². The van der Waals surface area contributed by atoms with Gasteiger partial charge in [-0.25, -0.2) is 9.59 Å². The van der Waals surface area contributed by atoms with E-state index in [2.05, 4.69) is 4.99 Å². The lowest BCUT2D eigenvalue weighted by molar-refractivity contribution is -0.384. The predicted molar refractivity (Wildman–Crippen MR) is 52.6 cm³/mol. The number of carbonyl (C=O) groups is 1. The van der Waals surface area contributed by atoms with E-state index in [0.717, 1.165) is 12.1 Å². The Hall–Kier alpha value is -2.53. The fourth-order valence-electron chi connectivity index (χ4n) is 1.22. The molecule has 1 aromatic rings. The number of hydrogen-bond donors (Lipinski definition) is 1. The van der Waals surface area contributed by atoms with Crippen LogP contribution in [0.2, 0.25) is 0 Å². The zero-order chi connectivity index (χ0) is 12.3. The summed E-state index contributed by atoms with van der Waals surface area (Å²) >= 11 is 0. The van der Waals surface area contributed by atoms with Crippen LogP contribution in [0.1, 0.15) is 15.9 Å². The molecule has 0 saturated heterocycles. The molecule has 82 valence electrons. The summed E-state index contributed by atoms with van der Waals surface area (Å²) in [5.41, 5.74) is -0.641. The molecule has 0 aliphatic carbocycles. The monoisotopic (exact) mass is 222 g/mol. The molecule has 0 aromatic heterocycles. The SMILES string of the molecule is Cc1cc([N+](=O)[O-])cc(C(=O)O)c1N=C=O. The first-order valence-corrected chi connectivity index (χ1v) is 4.07. The molecule has 1 rings (SSSR count). The lowest BCUT2D eigenvalue weighted by Crippen LogP contribution is -2.00. The zero-order valence-corrected chi connectivity index (χ0v) is 8.13. The van der Waals surface area contributed by atoms with Crippen molar-refractivity contribution in [3.8, 4) is 0 Å². The zero-order valence-electron chi connectivity index (χ0n) is 8.13. The molecule has 0 amide bonds. The van der Waals surface area contributed by atoms with Gasteiger partial charge in [-0.1, -0.05) is 0 Å². The predicted octanol–water partition coefficient (Wildman–Crippen LogP) is 1.57. The Morgan fingerprint density at radius 3 is 2.62 bits per heavy atom. The van der Waals surface area contributed by atoms with Crippen molar-refractivity contribution < 1.29 is 19.6 Å². The van der Waals surface area contributed by atoms with Crippen LogP contribution in [0, 0.1) is 17.0 Å². The molecule has 0 heterocycles. The number of carbonyl (C=O) groups excluding carboxylic acids is 1. The Morgan fingerprint density at radius 2 is 2.19 bits per heavy atom. The molecule has 1 N–H and O–H groups in total. The van der Waals surface area contributed by atoms with E-state index in [1.165, 1.54) is 13.0 Å². The van der Waals surface area contributed by atoms with E-state index < -0.39 is 16.5 Å². The molecule has 0 unspecified atom stereocenters. The van der Waals surface area contributed by atoms with Gasteiger partial charge in [0.05, 0.1) is 16.2 Å². The lowest BCUT2D eigenvalue weighted by atomic mass is 10.1. The third kappa shape index (κ3) is 2.10. The van der Waals surface area contributed by atoms with Crippen molar-refractivity contribution in [3.05, 3.63) is 33.4 Å². The Morgan fingerprint density at radius 1 is 1.56 bits per heavy atom. The molecule has 1 aromatic carbocycles. The van der Waals surface area contributed by atoms with Gasteiger partial charge in [-0.3, -0.25) is 10.1 Å². The van der Waals surface area contributed by atoms with Crippen LogP contribution in [0.25, 0.3) is 0 Å². The maximum absolute atomic E-state index is 10.8. The largest absolute Gasteiger partial charge is 0.478 e. The fourth-order valence-corrected chi connectivity index (χ4v) is 1.22. The van der Waals surface area contributed by atoms with Crippen LogP contribution in [0.3, 0.4) is 0 Å². The van der Waals surface area contributed by atoms with Crippen LogP contribution in [0.5, 0.6) is 0 Å². The minimum Gasteiger partial charge on any atom is -0.478 e. The van der Waals surface area contributed by atoms with Gasteiger partial charge in [0.2, 0.25) is 6.08 Å². The third-order valence-corrected chi connectivity index (χ3v) is 1.88. The number of nitro benzene ring substituents is 1. The molecule has 7 nitrogen and oxygen atoms in total. The van der Waals surface area contributed by atoms with Crippen molar-refractivity contribution in [2.75, 3.05) is 0 Å². The Bertz CT molecular complexity index is 517. The number of nitro groups is 1. The summed E-state index contributed by atoms with van der Waals surface area (Å²) in [5, 5.41) is 19.3. The number of aromatic carboxylic acids is 1. The number of carboxylic acid groups (broad SMARTS) is 1. The summed E-state index contributed by atoms with van der Waals surface area (Å²) in [6, 6.07) is 1.99. The van der Waals surface area contributed by atoms with Gasteiger partial charge in [0.25, 0.3) is 5.69 Å². The van der Waals surface area contributed by atoms with Crippen molar-refractivity contribution >= 4 is 23.4 Å². The average molecular weight is 222 g/mol. The molecule has 0 aliphatic heterocycles. The summed E-state index contributed by atoms with van der Waals surface area (Å²) in [6.07, 6.45) is 1.21. The van der Waals surface area contributed by atoms with Crippen LogP contribution in [0.15, 0.2) is 17.1 Å². The van der Waals surface area contributed by atoms with Gasteiger partial charge in [-0.05, 0) is 12.5 Å². The minimum atomic E-state index is -1.39. The van der Waals surface area contributed by atoms with Crippen molar-refractivity contribution in [3.63, 3.8) is 0 Å². The number of nitrogens with zero attached hydrogens (tertiary/aromatic N) is 2. The summed E-state index contributed by atoms with van der Waals surface area (Å²) in [5.74, 6) is -1.39. The number of benzene rings is 1. The number of rotatable bonds is 3. The highest BCUT2D eigenvalue weighted by Gasteiger charge is 2.18. The van der Waals surface area contributed by atoms with E-state index in [-0.39, 0.29) is 16.9 Å². The molecule has 0 spiro atoms. The first-order chi connectivity index (χ1) is 7.47. The maximum Gasteiger partial charge on any atom is 0.338 e. The quantitative estimate of drug-likeness (QED) is 0.361. The first-order valence-electron chi connectivity index (χ1n) is 4.07. The van der Waals surface area contributed by atoms with Gasteiger partial charge >= 0.3 is 5.97 Å².